The largest absolute Gasteiger partial charge is 0.497 e. The standard InChI is InChI=1S/C15H18N2O4/c1-21-12-4-2-3-10(7-12)9-17-6-5-11(15(17)20)8-13(18)14(16)19/h2-5,7,13,18H,6,8-9H2,1H3,(H2,16,19). The van der Waals surface area contributed by atoms with Gasteiger partial charge in [-0.15, -0.1) is 0 Å². The van der Waals surface area contributed by atoms with Gasteiger partial charge in [-0.1, -0.05) is 18.2 Å². The summed E-state index contributed by atoms with van der Waals surface area (Å²) in [5, 5.41) is 9.45. The number of primary amides is 1. The van der Waals surface area contributed by atoms with Gasteiger partial charge in [-0.3, -0.25) is 9.59 Å². The Balaban J connectivity index is 1.98. The number of carbonyl (C=O) groups excluding carboxylic acids is 2. The fraction of sp³-hybridized carbons (Fsp3) is 0.333. The second-order valence-corrected chi connectivity index (χ2v) is 4.89. The molecule has 0 spiro atoms. The third kappa shape index (κ3) is 3.61. The highest BCUT2D eigenvalue weighted by Crippen LogP contribution is 2.20. The maximum atomic E-state index is 12.2. The van der Waals surface area contributed by atoms with Crippen LogP contribution in [0.2, 0.25) is 0 Å². The zero-order valence-corrected chi connectivity index (χ0v) is 11.8. The molecule has 1 atom stereocenters. The first-order valence-corrected chi connectivity index (χ1v) is 6.60. The van der Waals surface area contributed by atoms with Crippen LogP contribution in [0.15, 0.2) is 35.9 Å². The molecule has 1 aromatic rings. The van der Waals surface area contributed by atoms with E-state index in [4.69, 9.17) is 10.5 Å². The molecule has 0 aliphatic carbocycles. The number of hydrogen-bond donors (Lipinski definition) is 2. The average molecular weight is 290 g/mol. The third-order valence-electron chi connectivity index (χ3n) is 3.37. The fourth-order valence-electron chi connectivity index (χ4n) is 2.20. The maximum absolute atomic E-state index is 12.2. The summed E-state index contributed by atoms with van der Waals surface area (Å²) in [5.41, 5.74) is 6.37. The number of nitrogens with two attached hydrogens (primary N) is 1. The van der Waals surface area contributed by atoms with Crippen LogP contribution >= 0.6 is 0 Å². The lowest BCUT2D eigenvalue weighted by molar-refractivity contribution is -0.127. The number of methoxy groups -OCH3 is 1. The van der Waals surface area contributed by atoms with Crippen molar-refractivity contribution >= 4 is 11.8 Å². The van der Waals surface area contributed by atoms with Crippen LogP contribution in [0.1, 0.15) is 12.0 Å². The SMILES string of the molecule is COc1cccc(CN2CC=C(CC(O)C(N)=O)C2=O)c1. The summed E-state index contributed by atoms with van der Waals surface area (Å²) in [5.74, 6) is -0.274. The Kier molecular flexibility index (Phi) is 4.59. The first kappa shape index (κ1) is 15.1. The van der Waals surface area contributed by atoms with E-state index in [2.05, 4.69) is 0 Å². The molecular formula is C15H18N2O4. The summed E-state index contributed by atoms with van der Waals surface area (Å²) >= 11 is 0. The van der Waals surface area contributed by atoms with Crippen molar-refractivity contribution in [3.8, 4) is 5.75 Å². The van der Waals surface area contributed by atoms with Gasteiger partial charge in [0.25, 0.3) is 0 Å². The van der Waals surface area contributed by atoms with E-state index in [9.17, 15) is 14.7 Å². The molecule has 6 nitrogen and oxygen atoms in total. The van der Waals surface area contributed by atoms with E-state index in [1.807, 2.05) is 24.3 Å². The topological polar surface area (TPSA) is 92.9 Å². The van der Waals surface area contributed by atoms with E-state index in [1.54, 1.807) is 18.1 Å². The number of ether oxygens (including phenoxy) is 1. The highest BCUT2D eigenvalue weighted by molar-refractivity contribution is 5.96. The molecule has 0 saturated carbocycles. The summed E-state index contributed by atoms with van der Waals surface area (Å²) in [6, 6.07) is 7.47. The Morgan fingerprint density at radius 3 is 2.95 bits per heavy atom. The minimum atomic E-state index is -1.32. The molecule has 21 heavy (non-hydrogen) atoms. The molecule has 0 radical (unpaired) electrons. The van der Waals surface area contributed by atoms with Crippen molar-refractivity contribution in [3.63, 3.8) is 0 Å². The summed E-state index contributed by atoms with van der Waals surface area (Å²) in [7, 11) is 1.59. The second kappa shape index (κ2) is 6.41. The molecule has 0 fully saturated rings. The van der Waals surface area contributed by atoms with Gasteiger partial charge < -0.3 is 20.5 Å². The van der Waals surface area contributed by atoms with Crippen molar-refractivity contribution in [2.75, 3.05) is 13.7 Å². The molecular weight excluding hydrogens is 272 g/mol. The van der Waals surface area contributed by atoms with Gasteiger partial charge in [0, 0.05) is 25.1 Å². The normalized spacial score (nSPS) is 15.8. The van der Waals surface area contributed by atoms with E-state index >= 15 is 0 Å². The van der Waals surface area contributed by atoms with E-state index in [-0.39, 0.29) is 12.3 Å². The molecule has 0 aromatic heterocycles. The van der Waals surface area contributed by atoms with Crippen molar-refractivity contribution in [1.29, 1.82) is 0 Å². The van der Waals surface area contributed by atoms with Crippen molar-refractivity contribution in [2.24, 2.45) is 5.73 Å². The van der Waals surface area contributed by atoms with Crippen LogP contribution in [-0.2, 0) is 16.1 Å². The van der Waals surface area contributed by atoms with Crippen LogP contribution in [0.5, 0.6) is 5.75 Å². The van der Waals surface area contributed by atoms with Crippen LogP contribution in [0.3, 0.4) is 0 Å². The van der Waals surface area contributed by atoms with Crippen molar-refractivity contribution in [3.05, 3.63) is 41.5 Å². The smallest absolute Gasteiger partial charge is 0.250 e. The van der Waals surface area contributed by atoms with Gasteiger partial charge >= 0.3 is 0 Å². The molecule has 0 bridgehead atoms. The van der Waals surface area contributed by atoms with Crippen LogP contribution in [0.25, 0.3) is 0 Å². The van der Waals surface area contributed by atoms with Crippen LogP contribution < -0.4 is 10.5 Å². The monoisotopic (exact) mass is 290 g/mol. The number of carbonyl (C=O) groups is 2. The molecule has 1 heterocycles. The van der Waals surface area contributed by atoms with Crippen molar-refractivity contribution < 1.29 is 19.4 Å². The summed E-state index contributed by atoms with van der Waals surface area (Å²) in [6.45, 7) is 0.902. The van der Waals surface area contributed by atoms with Gasteiger partial charge in [0.1, 0.15) is 11.9 Å². The Morgan fingerprint density at radius 1 is 1.52 bits per heavy atom. The summed E-state index contributed by atoms with van der Waals surface area (Å²) in [4.78, 5) is 24.7. The van der Waals surface area contributed by atoms with E-state index in [0.717, 1.165) is 11.3 Å². The molecule has 1 aromatic carbocycles. The van der Waals surface area contributed by atoms with E-state index in [1.165, 1.54) is 0 Å². The number of amides is 2. The number of aliphatic hydroxyl groups is 1. The molecule has 1 unspecified atom stereocenters. The fourth-order valence-corrected chi connectivity index (χ4v) is 2.20. The molecule has 6 heteroatoms. The Morgan fingerprint density at radius 2 is 2.29 bits per heavy atom. The Hall–Kier alpha value is -2.34. The van der Waals surface area contributed by atoms with Gasteiger partial charge in [0.05, 0.1) is 7.11 Å². The number of rotatable bonds is 6. The number of nitrogens with zero attached hydrogens (tertiary/aromatic N) is 1. The second-order valence-electron chi connectivity index (χ2n) is 4.89. The summed E-state index contributed by atoms with van der Waals surface area (Å²) < 4.78 is 5.15. The van der Waals surface area contributed by atoms with E-state index < -0.39 is 12.0 Å². The molecule has 0 saturated heterocycles. The quantitative estimate of drug-likeness (QED) is 0.782. The average Bonchev–Trinajstić information content (AvgIpc) is 2.80. The molecule has 1 aliphatic rings. The lowest BCUT2D eigenvalue weighted by Gasteiger charge is -2.17. The number of aliphatic hydroxyl groups excluding tert-OH is 1. The molecule has 1 aliphatic heterocycles. The van der Waals surface area contributed by atoms with Crippen LogP contribution in [-0.4, -0.2) is 41.6 Å². The number of hydrogen-bond acceptors (Lipinski definition) is 4. The minimum absolute atomic E-state index is 0.0389. The lowest BCUT2D eigenvalue weighted by Crippen LogP contribution is -2.31. The van der Waals surface area contributed by atoms with Gasteiger partial charge in [-0.2, -0.15) is 0 Å². The number of benzene rings is 1. The Bertz CT molecular complexity index is 583. The zero-order valence-electron chi connectivity index (χ0n) is 11.8. The van der Waals surface area contributed by atoms with Gasteiger partial charge in [-0.05, 0) is 17.7 Å². The van der Waals surface area contributed by atoms with Crippen LogP contribution in [0, 0.1) is 0 Å². The third-order valence-corrected chi connectivity index (χ3v) is 3.37. The predicted molar refractivity (Wildman–Crippen MR) is 76.3 cm³/mol. The first-order valence-electron chi connectivity index (χ1n) is 6.60. The predicted octanol–water partition coefficient (Wildman–Crippen LogP) is 0.200. The van der Waals surface area contributed by atoms with Gasteiger partial charge in [0.15, 0.2) is 0 Å². The van der Waals surface area contributed by atoms with Crippen LogP contribution in [0.4, 0.5) is 0 Å². The first-order chi connectivity index (χ1) is 10.0. The highest BCUT2D eigenvalue weighted by atomic mass is 16.5. The zero-order chi connectivity index (χ0) is 15.4. The van der Waals surface area contributed by atoms with E-state index in [0.29, 0.717) is 18.7 Å². The minimum Gasteiger partial charge on any atom is -0.497 e. The van der Waals surface area contributed by atoms with Gasteiger partial charge in [0.2, 0.25) is 11.8 Å². The maximum Gasteiger partial charge on any atom is 0.250 e. The molecule has 3 N–H and O–H groups in total. The van der Waals surface area contributed by atoms with Crippen molar-refractivity contribution in [1.82, 2.24) is 4.90 Å². The van der Waals surface area contributed by atoms with Gasteiger partial charge in [-0.25, -0.2) is 0 Å². The molecule has 112 valence electrons. The summed E-state index contributed by atoms with van der Waals surface area (Å²) in [6.07, 6.45) is 0.356. The highest BCUT2D eigenvalue weighted by Gasteiger charge is 2.26. The molecule has 2 amide bonds. The van der Waals surface area contributed by atoms with Crippen molar-refractivity contribution in [2.45, 2.75) is 19.1 Å². The Labute approximate surface area is 122 Å². The molecule has 2 rings (SSSR count). The lowest BCUT2D eigenvalue weighted by atomic mass is 10.1.